The molecule has 0 saturated carbocycles. The van der Waals surface area contributed by atoms with Gasteiger partial charge in [0, 0.05) is 32.0 Å². The summed E-state index contributed by atoms with van der Waals surface area (Å²) < 4.78 is 0.912. The van der Waals surface area contributed by atoms with Gasteiger partial charge in [0.05, 0.1) is 4.92 Å². The Morgan fingerprint density at radius 2 is 1.89 bits per heavy atom. The van der Waals surface area contributed by atoms with E-state index in [1.54, 1.807) is 6.07 Å². The summed E-state index contributed by atoms with van der Waals surface area (Å²) in [4.78, 5) is 22.8. The lowest BCUT2D eigenvalue weighted by molar-refractivity contribution is -0.384. The van der Waals surface area contributed by atoms with E-state index in [2.05, 4.69) is 15.9 Å². The summed E-state index contributed by atoms with van der Waals surface area (Å²) in [6, 6.07) is 11.9. The number of nitrogens with zero attached hydrogens (tertiary/aromatic N) is 1. The van der Waals surface area contributed by atoms with Crippen LogP contribution in [0, 0.1) is 10.1 Å². The van der Waals surface area contributed by atoms with Crippen molar-refractivity contribution in [1.82, 2.24) is 0 Å². The Bertz CT molecular complexity index is 646. The Kier molecular flexibility index (Phi) is 4.34. The van der Waals surface area contributed by atoms with Crippen molar-refractivity contribution in [3.05, 3.63) is 62.6 Å². The van der Waals surface area contributed by atoms with Crippen LogP contribution < -0.4 is 0 Å². The molecule has 0 fully saturated rings. The van der Waals surface area contributed by atoms with Gasteiger partial charge in [-0.3, -0.25) is 14.9 Å². The zero-order chi connectivity index (χ0) is 13.8. The maximum atomic E-state index is 11.0. The molecule has 0 unspecified atom stereocenters. The lowest BCUT2D eigenvalue weighted by Crippen LogP contribution is -1.92. The first-order valence-electron chi connectivity index (χ1n) is 5.28. The molecule has 0 spiro atoms. The number of carbonyl (C=O) groups excluding carboxylic acids is 1. The molecule has 0 atom stereocenters. The largest absolute Gasteiger partial charge is 0.298 e. The van der Waals surface area contributed by atoms with Gasteiger partial charge in [-0.25, -0.2) is 0 Å². The zero-order valence-electron chi connectivity index (χ0n) is 9.58. The lowest BCUT2D eigenvalue weighted by atomic mass is 10.2. The van der Waals surface area contributed by atoms with Crippen molar-refractivity contribution in [3.8, 4) is 0 Å². The van der Waals surface area contributed by atoms with E-state index in [-0.39, 0.29) is 5.69 Å². The van der Waals surface area contributed by atoms with Gasteiger partial charge in [-0.05, 0) is 34.1 Å². The van der Waals surface area contributed by atoms with Crippen LogP contribution >= 0.6 is 27.7 Å². The van der Waals surface area contributed by atoms with Gasteiger partial charge in [0.1, 0.15) is 0 Å². The van der Waals surface area contributed by atoms with Crippen molar-refractivity contribution in [1.29, 1.82) is 0 Å². The van der Waals surface area contributed by atoms with Crippen molar-refractivity contribution in [3.63, 3.8) is 0 Å². The smallest absolute Gasteiger partial charge is 0.270 e. The SMILES string of the molecule is O=Cc1cc([N+](=O)[O-])ccc1Sc1ccccc1Br. The first-order chi connectivity index (χ1) is 9.11. The van der Waals surface area contributed by atoms with Gasteiger partial charge in [0.15, 0.2) is 6.29 Å². The van der Waals surface area contributed by atoms with Crippen LogP contribution in [-0.4, -0.2) is 11.2 Å². The molecule has 2 aromatic carbocycles. The van der Waals surface area contributed by atoms with Crippen LogP contribution in [0.5, 0.6) is 0 Å². The quantitative estimate of drug-likeness (QED) is 0.473. The molecule has 0 saturated heterocycles. The Balaban J connectivity index is 2.38. The third kappa shape index (κ3) is 3.21. The molecule has 0 aliphatic heterocycles. The molecule has 0 heterocycles. The highest BCUT2D eigenvalue weighted by Crippen LogP contribution is 2.35. The van der Waals surface area contributed by atoms with E-state index < -0.39 is 4.92 Å². The lowest BCUT2D eigenvalue weighted by Gasteiger charge is -2.06. The number of nitro benzene ring substituents is 1. The van der Waals surface area contributed by atoms with Crippen molar-refractivity contribution in [2.75, 3.05) is 0 Å². The summed E-state index contributed by atoms with van der Waals surface area (Å²) in [6.07, 6.45) is 0.631. The van der Waals surface area contributed by atoms with E-state index in [1.807, 2.05) is 24.3 Å². The molecular formula is C13H8BrNO3S. The zero-order valence-corrected chi connectivity index (χ0v) is 12.0. The second kappa shape index (κ2) is 5.99. The van der Waals surface area contributed by atoms with Crippen molar-refractivity contribution in [2.24, 2.45) is 0 Å². The fourth-order valence-corrected chi connectivity index (χ4v) is 2.92. The number of halogens is 1. The fraction of sp³-hybridized carbons (Fsp3) is 0. The number of hydrogen-bond donors (Lipinski definition) is 0. The maximum Gasteiger partial charge on any atom is 0.270 e. The van der Waals surface area contributed by atoms with Crippen LogP contribution in [0.25, 0.3) is 0 Å². The van der Waals surface area contributed by atoms with Crippen molar-refractivity contribution < 1.29 is 9.72 Å². The molecule has 6 heteroatoms. The van der Waals surface area contributed by atoms with Crippen LogP contribution in [0.2, 0.25) is 0 Å². The topological polar surface area (TPSA) is 60.2 Å². The molecule has 0 aliphatic rings. The maximum absolute atomic E-state index is 11.0. The normalized spacial score (nSPS) is 10.2. The molecule has 0 bridgehead atoms. The summed E-state index contributed by atoms with van der Waals surface area (Å²) in [5, 5.41) is 10.7. The van der Waals surface area contributed by atoms with E-state index in [0.29, 0.717) is 16.7 Å². The number of benzene rings is 2. The molecule has 0 N–H and O–H groups in total. The minimum Gasteiger partial charge on any atom is -0.298 e. The van der Waals surface area contributed by atoms with Gasteiger partial charge < -0.3 is 0 Å². The van der Waals surface area contributed by atoms with Crippen molar-refractivity contribution >= 4 is 39.7 Å². The Hall–Kier alpha value is -1.66. The number of hydrogen-bond acceptors (Lipinski definition) is 4. The summed E-state index contributed by atoms with van der Waals surface area (Å²) in [7, 11) is 0. The number of rotatable bonds is 4. The van der Waals surface area contributed by atoms with Crippen LogP contribution in [0.1, 0.15) is 10.4 Å². The second-order valence-corrected chi connectivity index (χ2v) is 5.57. The van der Waals surface area contributed by atoms with Gasteiger partial charge in [0.2, 0.25) is 0 Å². The second-order valence-electron chi connectivity index (χ2n) is 3.63. The van der Waals surface area contributed by atoms with Gasteiger partial charge in [0.25, 0.3) is 5.69 Å². The third-order valence-electron chi connectivity index (χ3n) is 2.39. The highest BCUT2D eigenvalue weighted by Gasteiger charge is 2.12. The first kappa shape index (κ1) is 13.8. The van der Waals surface area contributed by atoms with Crippen molar-refractivity contribution in [2.45, 2.75) is 9.79 Å². The molecule has 2 rings (SSSR count). The minimum absolute atomic E-state index is 0.0847. The summed E-state index contributed by atoms with van der Waals surface area (Å²) >= 11 is 4.81. The number of non-ortho nitro benzene ring substituents is 1. The summed E-state index contributed by atoms with van der Waals surface area (Å²) in [6.45, 7) is 0. The predicted molar refractivity (Wildman–Crippen MR) is 76.7 cm³/mol. The molecule has 0 amide bonds. The van der Waals surface area contributed by atoms with Crippen LogP contribution in [0.3, 0.4) is 0 Å². The predicted octanol–water partition coefficient (Wildman–Crippen LogP) is 4.32. The van der Waals surface area contributed by atoms with Crippen LogP contribution in [-0.2, 0) is 0 Å². The van der Waals surface area contributed by atoms with E-state index in [9.17, 15) is 14.9 Å². The van der Waals surface area contributed by atoms with E-state index in [1.165, 1.54) is 23.9 Å². The van der Waals surface area contributed by atoms with E-state index >= 15 is 0 Å². The summed E-state index contributed by atoms with van der Waals surface area (Å²) in [5.74, 6) is 0. The Morgan fingerprint density at radius 3 is 2.53 bits per heavy atom. The summed E-state index contributed by atoms with van der Waals surface area (Å²) in [5.41, 5.74) is 0.230. The van der Waals surface area contributed by atoms with E-state index in [4.69, 9.17) is 0 Å². The molecular weight excluding hydrogens is 330 g/mol. The monoisotopic (exact) mass is 337 g/mol. The van der Waals surface area contributed by atoms with Gasteiger partial charge in [-0.1, -0.05) is 23.9 Å². The minimum atomic E-state index is -0.514. The van der Waals surface area contributed by atoms with E-state index in [0.717, 1.165) is 9.37 Å². The average molecular weight is 338 g/mol. The highest BCUT2D eigenvalue weighted by atomic mass is 79.9. The van der Waals surface area contributed by atoms with Gasteiger partial charge in [-0.2, -0.15) is 0 Å². The molecule has 0 radical (unpaired) electrons. The molecule has 96 valence electrons. The van der Waals surface area contributed by atoms with Gasteiger partial charge >= 0.3 is 0 Å². The molecule has 2 aromatic rings. The number of carbonyl (C=O) groups is 1. The molecule has 0 aromatic heterocycles. The van der Waals surface area contributed by atoms with Crippen LogP contribution in [0.4, 0.5) is 5.69 Å². The highest BCUT2D eigenvalue weighted by molar-refractivity contribution is 9.10. The molecule has 4 nitrogen and oxygen atoms in total. The molecule has 0 aliphatic carbocycles. The number of aldehydes is 1. The standard InChI is InChI=1S/C13H8BrNO3S/c14-11-3-1-2-4-13(11)19-12-6-5-10(15(17)18)7-9(12)8-16/h1-8H. The first-order valence-corrected chi connectivity index (χ1v) is 6.89. The Labute approximate surface area is 122 Å². The third-order valence-corrected chi connectivity index (χ3v) is 4.51. The Morgan fingerprint density at radius 1 is 1.16 bits per heavy atom. The molecule has 19 heavy (non-hydrogen) atoms. The number of nitro groups is 1. The van der Waals surface area contributed by atoms with Crippen LogP contribution in [0.15, 0.2) is 56.7 Å². The fourth-order valence-electron chi connectivity index (χ4n) is 1.48. The van der Waals surface area contributed by atoms with Gasteiger partial charge in [-0.15, -0.1) is 0 Å². The average Bonchev–Trinajstić information content (AvgIpc) is 2.41.